The van der Waals surface area contributed by atoms with Crippen LogP contribution in [0.25, 0.3) is 0 Å². The van der Waals surface area contributed by atoms with Crippen LogP contribution >= 0.6 is 0 Å². The minimum atomic E-state index is -0.324. The molecule has 2 aliphatic heterocycles. The number of carbonyl (C=O) groups excluding carboxylic acids is 1. The molecule has 1 unspecified atom stereocenters. The molecule has 32 heavy (non-hydrogen) atoms. The van der Waals surface area contributed by atoms with Gasteiger partial charge in [-0.15, -0.1) is 0 Å². The van der Waals surface area contributed by atoms with Gasteiger partial charge in [0.25, 0.3) is 0 Å². The predicted octanol–water partition coefficient (Wildman–Crippen LogP) is 4.48. The van der Waals surface area contributed by atoms with Gasteiger partial charge >= 0.3 is 6.09 Å². The van der Waals surface area contributed by atoms with E-state index in [1.54, 1.807) is 0 Å². The Bertz CT molecular complexity index is 960. The molecule has 170 valence electrons. The maximum absolute atomic E-state index is 12.5. The van der Waals surface area contributed by atoms with E-state index in [2.05, 4.69) is 58.3 Å². The topological polar surface area (TPSA) is 57.7 Å². The first-order valence-corrected chi connectivity index (χ1v) is 12.0. The van der Waals surface area contributed by atoms with Crippen LogP contribution in [0.3, 0.4) is 0 Å². The monoisotopic (exact) mass is 434 g/mol. The lowest BCUT2D eigenvalue weighted by atomic mass is 9.81. The Morgan fingerprint density at radius 2 is 1.97 bits per heavy atom. The van der Waals surface area contributed by atoms with Crippen LogP contribution in [0.1, 0.15) is 56.6 Å². The Balaban J connectivity index is 1.28. The molecular weight excluding hydrogens is 400 g/mol. The lowest BCUT2D eigenvalue weighted by Crippen LogP contribution is -2.47. The second-order valence-corrected chi connectivity index (χ2v) is 9.84. The highest BCUT2D eigenvalue weighted by atomic mass is 16.6. The van der Waals surface area contributed by atoms with Gasteiger partial charge in [-0.1, -0.05) is 26.2 Å². The quantitative estimate of drug-likeness (QED) is 0.752. The molecule has 0 spiro atoms. The minimum absolute atomic E-state index is 0.0293. The number of hydrogen-bond donors (Lipinski definition) is 1. The van der Waals surface area contributed by atoms with Gasteiger partial charge in [0.2, 0.25) is 0 Å². The number of nitrogens with one attached hydrogen (secondary N) is 1. The molecule has 1 amide bonds. The number of nitrogens with zero attached hydrogens (tertiary/aromatic N) is 3. The molecule has 0 bridgehead atoms. The summed E-state index contributed by atoms with van der Waals surface area (Å²) in [5, 5.41) is 3.05. The molecule has 1 N–H and O–H groups in total. The Kier molecular flexibility index (Phi) is 5.80. The molecule has 1 saturated heterocycles. The first kappa shape index (κ1) is 21.3. The van der Waals surface area contributed by atoms with E-state index < -0.39 is 0 Å². The van der Waals surface area contributed by atoms with Crippen molar-refractivity contribution in [3.8, 4) is 5.75 Å². The molecule has 0 radical (unpaired) electrons. The van der Waals surface area contributed by atoms with Gasteiger partial charge in [-0.2, -0.15) is 0 Å². The van der Waals surface area contributed by atoms with Crippen LogP contribution < -0.4 is 15.0 Å². The van der Waals surface area contributed by atoms with Gasteiger partial charge < -0.3 is 15.0 Å². The molecule has 1 aromatic heterocycles. The minimum Gasteiger partial charge on any atom is -0.410 e. The summed E-state index contributed by atoms with van der Waals surface area (Å²) in [6, 6.07) is 10.6. The van der Waals surface area contributed by atoms with Crippen molar-refractivity contribution in [3.05, 3.63) is 53.9 Å². The first-order chi connectivity index (χ1) is 15.5. The van der Waals surface area contributed by atoms with Gasteiger partial charge in [-0.25, -0.2) is 4.79 Å². The number of aromatic nitrogens is 1. The second kappa shape index (κ2) is 8.74. The standard InChI is InChI=1S/C26H34N4O2/c1-26-13-17-30(16-12-19-10-14-27-15-11-19)24(26)29(2)23-9-8-21(18-22(23)26)32-25(31)28-20-6-4-3-5-7-20/h8-11,14-15,18,20,24H,3-7,12-13,16-17H2,1-2H3,(H,28,31)/t24?,26-/m0/s1. The summed E-state index contributed by atoms with van der Waals surface area (Å²) in [6.07, 6.45) is 11.6. The number of pyridine rings is 1. The third kappa shape index (κ3) is 3.96. The Morgan fingerprint density at radius 3 is 2.75 bits per heavy atom. The number of amides is 1. The molecule has 6 heteroatoms. The molecule has 5 rings (SSSR count). The molecule has 2 fully saturated rings. The van der Waals surface area contributed by atoms with Crippen LogP contribution in [-0.2, 0) is 11.8 Å². The van der Waals surface area contributed by atoms with E-state index >= 15 is 0 Å². The van der Waals surface area contributed by atoms with E-state index in [4.69, 9.17) is 4.74 Å². The SMILES string of the molecule is CN1c2ccc(OC(=O)NC3CCCCC3)cc2[C@]2(C)CCN(CCc3ccncc3)C12. The van der Waals surface area contributed by atoms with E-state index in [-0.39, 0.29) is 17.6 Å². The van der Waals surface area contributed by atoms with Crippen molar-refractivity contribution in [2.45, 2.75) is 69.5 Å². The van der Waals surface area contributed by atoms with Crippen molar-refractivity contribution < 1.29 is 9.53 Å². The fourth-order valence-electron chi connectivity index (χ4n) is 6.06. The lowest BCUT2D eigenvalue weighted by Gasteiger charge is -2.34. The van der Waals surface area contributed by atoms with E-state index in [1.807, 2.05) is 18.5 Å². The van der Waals surface area contributed by atoms with Crippen LogP contribution in [0.15, 0.2) is 42.7 Å². The highest BCUT2D eigenvalue weighted by Crippen LogP contribution is 2.52. The van der Waals surface area contributed by atoms with E-state index in [0.29, 0.717) is 11.9 Å². The van der Waals surface area contributed by atoms with E-state index in [9.17, 15) is 4.79 Å². The van der Waals surface area contributed by atoms with Crippen molar-refractivity contribution in [1.82, 2.24) is 15.2 Å². The van der Waals surface area contributed by atoms with Crippen LogP contribution in [-0.4, -0.2) is 48.3 Å². The van der Waals surface area contributed by atoms with Crippen molar-refractivity contribution in [2.24, 2.45) is 0 Å². The molecule has 1 saturated carbocycles. The second-order valence-electron chi connectivity index (χ2n) is 9.84. The highest BCUT2D eigenvalue weighted by Gasteiger charge is 2.53. The van der Waals surface area contributed by atoms with Crippen molar-refractivity contribution >= 4 is 11.8 Å². The van der Waals surface area contributed by atoms with Crippen molar-refractivity contribution in [2.75, 3.05) is 25.0 Å². The van der Waals surface area contributed by atoms with Crippen LogP contribution in [0.5, 0.6) is 5.75 Å². The molecule has 3 aliphatic rings. The van der Waals surface area contributed by atoms with E-state index in [1.165, 1.54) is 36.1 Å². The summed E-state index contributed by atoms with van der Waals surface area (Å²) in [6.45, 7) is 4.46. The highest BCUT2D eigenvalue weighted by molar-refractivity contribution is 5.72. The normalized spacial score (nSPS) is 25.4. The fourth-order valence-corrected chi connectivity index (χ4v) is 6.06. The maximum atomic E-state index is 12.5. The number of likely N-dealkylation sites (N-methyl/N-ethyl adjacent to an activating group) is 1. The number of likely N-dealkylation sites (tertiary alicyclic amines) is 1. The third-order valence-electron chi connectivity index (χ3n) is 7.74. The summed E-state index contributed by atoms with van der Waals surface area (Å²) in [5.41, 5.74) is 3.89. The van der Waals surface area contributed by atoms with Crippen molar-refractivity contribution in [3.63, 3.8) is 0 Å². The van der Waals surface area contributed by atoms with E-state index in [0.717, 1.165) is 38.8 Å². The van der Waals surface area contributed by atoms with Gasteiger partial charge in [0.15, 0.2) is 0 Å². The van der Waals surface area contributed by atoms with Crippen LogP contribution in [0.4, 0.5) is 10.5 Å². The molecule has 2 atom stereocenters. The molecule has 1 aromatic carbocycles. The number of fused-ring (bicyclic) bond motifs is 3. The Hall–Kier alpha value is -2.60. The lowest BCUT2D eigenvalue weighted by molar-refractivity contribution is 0.192. The maximum Gasteiger partial charge on any atom is 0.412 e. The average Bonchev–Trinajstić information content (AvgIpc) is 3.25. The Labute approximate surface area is 191 Å². The zero-order valence-electron chi connectivity index (χ0n) is 19.2. The number of ether oxygens (including phenoxy) is 1. The van der Waals surface area contributed by atoms with Gasteiger partial charge in [0, 0.05) is 49.7 Å². The first-order valence-electron chi connectivity index (χ1n) is 12.0. The number of benzene rings is 1. The number of hydrogen-bond acceptors (Lipinski definition) is 5. The predicted molar refractivity (Wildman–Crippen MR) is 126 cm³/mol. The molecule has 6 nitrogen and oxygen atoms in total. The molecular formula is C26H34N4O2. The van der Waals surface area contributed by atoms with Gasteiger partial charge in [-0.3, -0.25) is 9.88 Å². The fraction of sp³-hybridized carbons (Fsp3) is 0.538. The summed E-state index contributed by atoms with van der Waals surface area (Å²) in [5.74, 6) is 0.641. The van der Waals surface area contributed by atoms with Crippen molar-refractivity contribution in [1.29, 1.82) is 0 Å². The summed E-state index contributed by atoms with van der Waals surface area (Å²) in [7, 11) is 2.19. The Morgan fingerprint density at radius 1 is 1.19 bits per heavy atom. The number of carbonyl (C=O) groups is 1. The smallest absolute Gasteiger partial charge is 0.410 e. The molecule has 1 aliphatic carbocycles. The third-order valence-corrected chi connectivity index (χ3v) is 7.74. The molecule has 3 heterocycles. The summed E-state index contributed by atoms with van der Waals surface area (Å²) < 4.78 is 5.72. The zero-order valence-corrected chi connectivity index (χ0v) is 19.2. The molecule has 2 aromatic rings. The largest absolute Gasteiger partial charge is 0.412 e. The number of rotatable bonds is 5. The van der Waals surface area contributed by atoms with Crippen LogP contribution in [0, 0.1) is 0 Å². The van der Waals surface area contributed by atoms with Gasteiger partial charge in [-0.05, 0) is 67.1 Å². The zero-order chi connectivity index (χ0) is 22.1. The average molecular weight is 435 g/mol. The van der Waals surface area contributed by atoms with Crippen LogP contribution in [0.2, 0.25) is 0 Å². The summed E-state index contributed by atoms with van der Waals surface area (Å²) in [4.78, 5) is 21.6. The van der Waals surface area contributed by atoms with Gasteiger partial charge in [0.1, 0.15) is 5.75 Å². The number of anilines is 1. The van der Waals surface area contributed by atoms with Gasteiger partial charge in [0.05, 0.1) is 6.17 Å². The summed E-state index contributed by atoms with van der Waals surface area (Å²) >= 11 is 0.